The predicted octanol–water partition coefficient (Wildman–Crippen LogP) is 3.03. The van der Waals surface area contributed by atoms with Crippen molar-refractivity contribution >= 4 is 11.3 Å². The molecule has 1 atom stereocenters. The van der Waals surface area contributed by atoms with Crippen molar-refractivity contribution in [2.24, 2.45) is 0 Å². The third-order valence-corrected chi connectivity index (χ3v) is 5.65. The second-order valence-corrected chi connectivity index (χ2v) is 6.80. The first-order valence-electron chi connectivity index (χ1n) is 7.66. The lowest BCUT2D eigenvalue weighted by Gasteiger charge is -2.31. The fraction of sp³-hybridized carbons (Fsp3) is 0.800. The van der Waals surface area contributed by atoms with Gasteiger partial charge in [-0.2, -0.15) is 0 Å². The van der Waals surface area contributed by atoms with Gasteiger partial charge in [0.05, 0.1) is 11.2 Å². The molecule has 3 rings (SSSR count). The van der Waals surface area contributed by atoms with E-state index in [1.807, 2.05) is 11.3 Å². The van der Waals surface area contributed by atoms with E-state index >= 15 is 0 Å². The Hall–Kier alpha value is -0.450. The van der Waals surface area contributed by atoms with E-state index in [-0.39, 0.29) is 5.54 Å². The molecular formula is C15H24N2OS. The molecule has 0 saturated carbocycles. The molecule has 2 aliphatic rings. The first-order valence-corrected chi connectivity index (χ1v) is 8.47. The lowest BCUT2D eigenvalue weighted by atomic mass is 9.91. The topological polar surface area (TPSA) is 34.2 Å². The van der Waals surface area contributed by atoms with E-state index in [0.717, 1.165) is 32.6 Å². The molecule has 1 aromatic rings. The standard InChI is InChI=1S/C15H24N2OS/c1-2-9-16-15(7-4-10-18-11-8-15)14-17-12-5-3-6-13(12)19-14/h16H,2-11H2,1H3. The summed E-state index contributed by atoms with van der Waals surface area (Å²) < 4.78 is 5.67. The van der Waals surface area contributed by atoms with Crippen LogP contribution in [0.4, 0.5) is 0 Å². The molecule has 19 heavy (non-hydrogen) atoms. The number of nitrogens with zero attached hydrogens (tertiary/aromatic N) is 1. The highest BCUT2D eigenvalue weighted by Crippen LogP contribution is 2.38. The maximum absolute atomic E-state index is 5.67. The number of aromatic nitrogens is 1. The first-order chi connectivity index (χ1) is 9.34. The summed E-state index contributed by atoms with van der Waals surface area (Å²) in [5.41, 5.74) is 1.46. The molecule has 1 aliphatic carbocycles. The van der Waals surface area contributed by atoms with Gasteiger partial charge in [-0.05, 0) is 51.5 Å². The Balaban J connectivity index is 1.87. The number of thiazole rings is 1. The number of ether oxygens (including phenoxy) is 1. The highest BCUT2D eigenvalue weighted by atomic mass is 32.1. The number of rotatable bonds is 4. The molecule has 0 radical (unpaired) electrons. The fourth-order valence-electron chi connectivity index (χ4n) is 3.18. The van der Waals surface area contributed by atoms with E-state index in [1.54, 1.807) is 0 Å². The van der Waals surface area contributed by atoms with Crippen molar-refractivity contribution in [3.05, 3.63) is 15.6 Å². The predicted molar refractivity (Wildman–Crippen MR) is 78.8 cm³/mol. The van der Waals surface area contributed by atoms with Crippen molar-refractivity contribution in [3.63, 3.8) is 0 Å². The van der Waals surface area contributed by atoms with Crippen molar-refractivity contribution in [1.82, 2.24) is 10.3 Å². The second-order valence-electron chi connectivity index (χ2n) is 5.72. The van der Waals surface area contributed by atoms with Crippen LogP contribution >= 0.6 is 11.3 Å². The van der Waals surface area contributed by atoms with Crippen LogP contribution in [-0.4, -0.2) is 24.7 Å². The molecule has 0 aromatic carbocycles. The van der Waals surface area contributed by atoms with Gasteiger partial charge in [-0.15, -0.1) is 11.3 Å². The number of hydrogen-bond acceptors (Lipinski definition) is 4. The van der Waals surface area contributed by atoms with Crippen LogP contribution in [0.15, 0.2) is 0 Å². The number of nitrogens with one attached hydrogen (secondary N) is 1. The SMILES string of the molecule is CCCNC1(c2nc3c(s2)CCC3)CCCOCC1. The summed E-state index contributed by atoms with van der Waals surface area (Å²) >= 11 is 1.96. The lowest BCUT2D eigenvalue weighted by molar-refractivity contribution is 0.136. The van der Waals surface area contributed by atoms with Gasteiger partial charge in [0.25, 0.3) is 0 Å². The van der Waals surface area contributed by atoms with Gasteiger partial charge in [0.2, 0.25) is 0 Å². The van der Waals surface area contributed by atoms with Crippen LogP contribution in [-0.2, 0) is 23.1 Å². The van der Waals surface area contributed by atoms with Gasteiger partial charge in [-0.25, -0.2) is 4.98 Å². The van der Waals surface area contributed by atoms with Gasteiger partial charge < -0.3 is 10.1 Å². The molecule has 1 aromatic heterocycles. The van der Waals surface area contributed by atoms with Crippen LogP contribution in [0.25, 0.3) is 0 Å². The lowest BCUT2D eigenvalue weighted by Crippen LogP contribution is -2.43. The highest BCUT2D eigenvalue weighted by Gasteiger charge is 2.36. The zero-order valence-electron chi connectivity index (χ0n) is 11.8. The van der Waals surface area contributed by atoms with Crippen LogP contribution in [0.2, 0.25) is 0 Å². The molecule has 3 nitrogen and oxygen atoms in total. The van der Waals surface area contributed by atoms with Crippen LogP contribution in [0.1, 0.15) is 54.6 Å². The van der Waals surface area contributed by atoms with Crippen LogP contribution in [0.5, 0.6) is 0 Å². The van der Waals surface area contributed by atoms with E-state index in [9.17, 15) is 0 Å². The van der Waals surface area contributed by atoms with E-state index in [0.29, 0.717) is 0 Å². The van der Waals surface area contributed by atoms with Gasteiger partial charge in [-0.3, -0.25) is 0 Å². The summed E-state index contributed by atoms with van der Waals surface area (Å²) in [6, 6.07) is 0. The third-order valence-electron chi connectivity index (χ3n) is 4.28. The maximum Gasteiger partial charge on any atom is 0.113 e. The minimum absolute atomic E-state index is 0.0848. The molecule has 1 fully saturated rings. The summed E-state index contributed by atoms with van der Waals surface area (Å²) in [5, 5.41) is 5.13. The van der Waals surface area contributed by atoms with Gasteiger partial charge in [0, 0.05) is 18.1 Å². The quantitative estimate of drug-likeness (QED) is 0.920. The summed E-state index contributed by atoms with van der Waals surface area (Å²) in [7, 11) is 0. The zero-order valence-corrected chi connectivity index (χ0v) is 12.7. The molecule has 0 bridgehead atoms. The average molecular weight is 280 g/mol. The molecular weight excluding hydrogens is 256 g/mol. The smallest absolute Gasteiger partial charge is 0.113 e. The minimum Gasteiger partial charge on any atom is -0.381 e. The van der Waals surface area contributed by atoms with Crippen LogP contribution in [0, 0.1) is 0 Å². The Kier molecular flexibility index (Phi) is 4.20. The molecule has 0 amide bonds. The van der Waals surface area contributed by atoms with Gasteiger partial charge in [0.1, 0.15) is 5.01 Å². The summed E-state index contributed by atoms with van der Waals surface area (Å²) in [4.78, 5) is 6.52. The number of aryl methyl sites for hydroxylation is 2. The molecule has 4 heteroatoms. The normalized spacial score (nSPS) is 27.2. The van der Waals surface area contributed by atoms with Gasteiger partial charge in [0.15, 0.2) is 0 Å². The van der Waals surface area contributed by atoms with Crippen LogP contribution < -0.4 is 5.32 Å². The molecule has 106 valence electrons. The Bertz CT molecular complexity index is 400. The summed E-state index contributed by atoms with van der Waals surface area (Å²) in [6.45, 7) is 5.07. The van der Waals surface area contributed by atoms with E-state index in [4.69, 9.17) is 9.72 Å². The number of hydrogen-bond donors (Lipinski definition) is 1. The fourth-order valence-corrected chi connectivity index (χ4v) is 4.55. The molecule has 1 aliphatic heterocycles. The van der Waals surface area contributed by atoms with E-state index in [1.165, 1.54) is 47.7 Å². The summed E-state index contributed by atoms with van der Waals surface area (Å²) in [6.07, 6.45) is 8.28. The van der Waals surface area contributed by atoms with Gasteiger partial charge >= 0.3 is 0 Å². The molecule has 1 saturated heterocycles. The Morgan fingerprint density at radius 3 is 3.05 bits per heavy atom. The van der Waals surface area contributed by atoms with Crippen molar-refractivity contribution in [2.75, 3.05) is 19.8 Å². The van der Waals surface area contributed by atoms with Crippen molar-refractivity contribution < 1.29 is 4.74 Å². The third kappa shape index (κ3) is 2.71. The zero-order chi connectivity index (χ0) is 13.1. The largest absolute Gasteiger partial charge is 0.381 e. The molecule has 0 spiro atoms. The van der Waals surface area contributed by atoms with Crippen LogP contribution in [0.3, 0.4) is 0 Å². The Morgan fingerprint density at radius 1 is 1.26 bits per heavy atom. The number of fused-ring (bicyclic) bond motifs is 1. The molecule has 2 heterocycles. The van der Waals surface area contributed by atoms with E-state index < -0.39 is 0 Å². The molecule has 1 unspecified atom stereocenters. The van der Waals surface area contributed by atoms with Crippen molar-refractivity contribution in [1.29, 1.82) is 0 Å². The van der Waals surface area contributed by atoms with Gasteiger partial charge in [-0.1, -0.05) is 6.92 Å². The van der Waals surface area contributed by atoms with Crippen molar-refractivity contribution in [2.45, 2.75) is 57.4 Å². The maximum atomic E-state index is 5.67. The Morgan fingerprint density at radius 2 is 2.21 bits per heavy atom. The molecule has 1 N–H and O–H groups in total. The van der Waals surface area contributed by atoms with E-state index in [2.05, 4.69) is 12.2 Å². The minimum atomic E-state index is 0.0848. The second kappa shape index (κ2) is 5.90. The highest BCUT2D eigenvalue weighted by molar-refractivity contribution is 7.12. The monoisotopic (exact) mass is 280 g/mol. The average Bonchev–Trinajstić information content (AvgIpc) is 2.92. The Labute approximate surface area is 119 Å². The van der Waals surface area contributed by atoms with Crippen molar-refractivity contribution in [3.8, 4) is 0 Å². The first kappa shape index (κ1) is 13.5. The summed E-state index contributed by atoms with van der Waals surface area (Å²) in [5.74, 6) is 0.